The quantitative estimate of drug-likeness (QED) is 0.716. The lowest BCUT2D eigenvalue weighted by Gasteiger charge is -2.09. The largest absolute Gasteiger partial charge is 0.497 e. The summed E-state index contributed by atoms with van der Waals surface area (Å²) in [6, 6.07) is 8.02. The smallest absolute Gasteiger partial charge is 0.133 e. The molecule has 1 aromatic rings. The van der Waals surface area contributed by atoms with Crippen LogP contribution in [0.3, 0.4) is 0 Å². The van der Waals surface area contributed by atoms with Crippen molar-refractivity contribution >= 4 is 5.78 Å². The fourth-order valence-electron chi connectivity index (χ4n) is 1.99. The highest BCUT2D eigenvalue weighted by Crippen LogP contribution is 2.33. The average molecular weight is 190 g/mol. The van der Waals surface area contributed by atoms with Gasteiger partial charge >= 0.3 is 0 Å². The number of ether oxygens (including phenoxy) is 1. The zero-order chi connectivity index (χ0) is 9.97. The third-order valence-corrected chi connectivity index (χ3v) is 2.81. The third kappa shape index (κ3) is 1.79. The maximum Gasteiger partial charge on any atom is 0.133 e. The van der Waals surface area contributed by atoms with E-state index in [2.05, 4.69) is 6.07 Å². The van der Waals surface area contributed by atoms with E-state index >= 15 is 0 Å². The van der Waals surface area contributed by atoms with Crippen molar-refractivity contribution < 1.29 is 9.53 Å². The molecule has 0 unspecified atom stereocenters. The molecular formula is C12H14O2. The molecule has 1 aliphatic rings. The molecule has 0 saturated heterocycles. The molecule has 2 heteroatoms. The van der Waals surface area contributed by atoms with E-state index in [4.69, 9.17) is 4.74 Å². The summed E-state index contributed by atoms with van der Waals surface area (Å²) in [5.74, 6) is 1.68. The second kappa shape index (κ2) is 3.82. The zero-order valence-electron chi connectivity index (χ0n) is 8.32. The van der Waals surface area contributed by atoms with Crippen LogP contribution in [0.1, 0.15) is 30.7 Å². The van der Waals surface area contributed by atoms with E-state index in [1.807, 2.05) is 18.2 Å². The topological polar surface area (TPSA) is 26.3 Å². The number of rotatable bonds is 2. The summed E-state index contributed by atoms with van der Waals surface area (Å²) < 4.78 is 5.16. The number of carbonyl (C=O) groups excluding carboxylic acids is 1. The number of methoxy groups -OCH3 is 1. The van der Waals surface area contributed by atoms with Crippen molar-refractivity contribution in [3.05, 3.63) is 29.8 Å². The summed E-state index contributed by atoms with van der Waals surface area (Å²) in [5.41, 5.74) is 1.23. The van der Waals surface area contributed by atoms with Crippen molar-refractivity contribution in [1.29, 1.82) is 0 Å². The first-order valence-corrected chi connectivity index (χ1v) is 4.95. The molecule has 2 nitrogen and oxygen atoms in total. The van der Waals surface area contributed by atoms with Gasteiger partial charge in [0.15, 0.2) is 0 Å². The Labute approximate surface area is 83.9 Å². The molecule has 14 heavy (non-hydrogen) atoms. The summed E-state index contributed by atoms with van der Waals surface area (Å²) in [6.45, 7) is 0. The Bertz CT molecular complexity index is 344. The lowest BCUT2D eigenvalue weighted by Crippen LogP contribution is -1.94. The molecule has 0 amide bonds. The van der Waals surface area contributed by atoms with Crippen LogP contribution < -0.4 is 4.74 Å². The highest BCUT2D eigenvalue weighted by molar-refractivity contribution is 5.81. The van der Waals surface area contributed by atoms with Crippen molar-refractivity contribution in [3.63, 3.8) is 0 Å². The number of Topliss-reactive ketones (excluding diaryl/α,β-unsaturated/α-hetero) is 1. The fourth-order valence-corrected chi connectivity index (χ4v) is 1.99. The van der Waals surface area contributed by atoms with E-state index in [9.17, 15) is 4.79 Å². The second-order valence-corrected chi connectivity index (χ2v) is 3.76. The van der Waals surface area contributed by atoms with Crippen LogP contribution in [0.25, 0.3) is 0 Å². The van der Waals surface area contributed by atoms with E-state index in [1.54, 1.807) is 7.11 Å². The predicted molar refractivity (Wildman–Crippen MR) is 54.6 cm³/mol. The standard InChI is InChI=1S/C12H14O2/c1-14-12-4-2-3-9(8-12)10-5-6-11(13)7-10/h2-4,8,10H,5-7H2,1H3/t10-/m0/s1. The van der Waals surface area contributed by atoms with Crippen LogP contribution in [0.15, 0.2) is 24.3 Å². The van der Waals surface area contributed by atoms with Gasteiger partial charge in [-0.1, -0.05) is 12.1 Å². The molecule has 0 radical (unpaired) electrons. The first-order valence-electron chi connectivity index (χ1n) is 4.95. The molecule has 74 valence electrons. The van der Waals surface area contributed by atoms with Crippen LogP contribution in [0, 0.1) is 0 Å². The van der Waals surface area contributed by atoms with E-state index in [0.29, 0.717) is 18.1 Å². The Morgan fingerprint density at radius 2 is 2.29 bits per heavy atom. The summed E-state index contributed by atoms with van der Waals surface area (Å²) >= 11 is 0. The van der Waals surface area contributed by atoms with Crippen LogP contribution in [-0.2, 0) is 4.79 Å². The van der Waals surface area contributed by atoms with Gasteiger partial charge in [-0.15, -0.1) is 0 Å². The predicted octanol–water partition coefficient (Wildman–Crippen LogP) is 2.53. The van der Waals surface area contributed by atoms with E-state index in [-0.39, 0.29) is 0 Å². The lowest BCUT2D eigenvalue weighted by atomic mass is 9.98. The van der Waals surface area contributed by atoms with Crippen molar-refractivity contribution in [1.82, 2.24) is 0 Å². The van der Waals surface area contributed by atoms with Gasteiger partial charge in [-0.2, -0.15) is 0 Å². The van der Waals surface area contributed by atoms with Crippen molar-refractivity contribution in [2.24, 2.45) is 0 Å². The van der Waals surface area contributed by atoms with E-state index < -0.39 is 0 Å². The Hall–Kier alpha value is -1.31. The SMILES string of the molecule is COc1cccc([C@H]2CCC(=O)C2)c1. The number of ketones is 1. The molecule has 2 rings (SSSR count). The molecule has 0 spiro atoms. The van der Waals surface area contributed by atoms with Gasteiger partial charge in [0, 0.05) is 12.8 Å². The van der Waals surface area contributed by atoms with Gasteiger partial charge in [0.2, 0.25) is 0 Å². The molecule has 1 saturated carbocycles. The lowest BCUT2D eigenvalue weighted by molar-refractivity contribution is -0.117. The van der Waals surface area contributed by atoms with E-state index in [0.717, 1.165) is 18.6 Å². The highest BCUT2D eigenvalue weighted by atomic mass is 16.5. The third-order valence-electron chi connectivity index (χ3n) is 2.81. The number of benzene rings is 1. The first kappa shape index (κ1) is 9.25. The fraction of sp³-hybridized carbons (Fsp3) is 0.417. The molecule has 1 atom stereocenters. The van der Waals surface area contributed by atoms with Gasteiger partial charge in [-0.25, -0.2) is 0 Å². The molecule has 0 aliphatic heterocycles. The maximum atomic E-state index is 11.2. The summed E-state index contributed by atoms with van der Waals surface area (Å²) in [4.78, 5) is 11.2. The molecule has 0 bridgehead atoms. The molecule has 0 N–H and O–H groups in total. The monoisotopic (exact) mass is 190 g/mol. The van der Waals surface area contributed by atoms with Crippen molar-refractivity contribution in [2.75, 3.05) is 7.11 Å². The van der Waals surface area contributed by atoms with Crippen LogP contribution in [-0.4, -0.2) is 12.9 Å². The number of carbonyl (C=O) groups is 1. The number of hydrogen-bond acceptors (Lipinski definition) is 2. The average Bonchev–Trinajstić information content (AvgIpc) is 2.65. The zero-order valence-corrected chi connectivity index (χ0v) is 8.32. The Morgan fingerprint density at radius 1 is 1.43 bits per heavy atom. The minimum atomic E-state index is 0.387. The van der Waals surface area contributed by atoms with E-state index in [1.165, 1.54) is 5.56 Å². The summed E-state index contributed by atoms with van der Waals surface area (Å²) in [5, 5.41) is 0. The van der Waals surface area contributed by atoms with Gasteiger partial charge in [0.25, 0.3) is 0 Å². The van der Waals surface area contributed by atoms with Crippen molar-refractivity contribution in [3.8, 4) is 5.75 Å². The van der Waals surface area contributed by atoms with Crippen LogP contribution in [0.2, 0.25) is 0 Å². The summed E-state index contributed by atoms with van der Waals surface area (Å²) in [7, 11) is 1.67. The van der Waals surface area contributed by atoms with Crippen LogP contribution >= 0.6 is 0 Å². The normalized spacial score (nSPS) is 21.2. The molecule has 0 heterocycles. The second-order valence-electron chi connectivity index (χ2n) is 3.76. The minimum Gasteiger partial charge on any atom is -0.497 e. The molecule has 0 aromatic heterocycles. The maximum absolute atomic E-state index is 11.2. The molecular weight excluding hydrogens is 176 g/mol. The highest BCUT2D eigenvalue weighted by Gasteiger charge is 2.23. The Kier molecular flexibility index (Phi) is 2.53. The Balaban J connectivity index is 2.19. The molecule has 1 aromatic carbocycles. The van der Waals surface area contributed by atoms with Gasteiger partial charge in [0.1, 0.15) is 11.5 Å². The van der Waals surface area contributed by atoms with Gasteiger partial charge in [-0.3, -0.25) is 4.79 Å². The number of hydrogen-bond donors (Lipinski definition) is 0. The molecule has 1 aliphatic carbocycles. The van der Waals surface area contributed by atoms with Crippen LogP contribution in [0.4, 0.5) is 0 Å². The van der Waals surface area contributed by atoms with Gasteiger partial charge in [0.05, 0.1) is 7.11 Å². The van der Waals surface area contributed by atoms with Gasteiger partial charge in [-0.05, 0) is 30.0 Å². The Morgan fingerprint density at radius 3 is 2.93 bits per heavy atom. The molecule has 1 fully saturated rings. The minimum absolute atomic E-state index is 0.387. The summed E-state index contributed by atoms with van der Waals surface area (Å²) in [6.07, 6.45) is 2.43. The van der Waals surface area contributed by atoms with Crippen molar-refractivity contribution in [2.45, 2.75) is 25.2 Å². The van der Waals surface area contributed by atoms with Gasteiger partial charge < -0.3 is 4.74 Å². The first-order chi connectivity index (χ1) is 6.79. The van der Waals surface area contributed by atoms with Crippen LogP contribution in [0.5, 0.6) is 5.75 Å².